The van der Waals surface area contributed by atoms with Gasteiger partial charge in [-0.15, -0.1) is 0 Å². The number of benzene rings is 2. The van der Waals surface area contributed by atoms with E-state index in [0.717, 1.165) is 17.2 Å². The summed E-state index contributed by atoms with van der Waals surface area (Å²) in [7, 11) is 0. The number of carboxylic acids is 1. The van der Waals surface area contributed by atoms with E-state index >= 15 is 0 Å². The highest BCUT2D eigenvalue weighted by Crippen LogP contribution is 2.27. The minimum Gasteiger partial charge on any atom is -0.478 e. The Morgan fingerprint density at radius 3 is 2.33 bits per heavy atom. The maximum atomic E-state index is 11.0. The number of furan rings is 1. The Morgan fingerprint density at radius 2 is 1.71 bits per heavy atom. The second kappa shape index (κ2) is 7.86. The maximum absolute atomic E-state index is 11.0. The van der Waals surface area contributed by atoms with Crippen LogP contribution in [0.4, 0.5) is 0 Å². The SMILES string of the molecule is O=C(O)c1ccc(SN(Cc2ccccc2)Cc2ccco2)cc1. The van der Waals surface area contributed by atoms with Crippen LogP contribution in [-0.2, 0) is 13.1 Å². The van der Waals surface area contributed by atoms with Crippen LogP contribution < -0.4 is 0 Å². The van der Waals surface area contributed by atoms with Crippen LogP contribution in [0.25, 0.3) is 0 Å². The molecule has 2 aromatic carbocycles. The molecule has 0 radical (unpaired) electrons. The van der Waals surface area contributed by atoms with Crippen LogP contribution >= 0.6 is 11.9 Å². The number of aromatic carboxylic acids is 1. The minimum atomic E-state index is -0.914. The van der Waals surface area contributed by atoms with Crippen molar-refractivity contribution in [2.75, 3.05) is 0 Å². The molecule has 3 aromatic rings. The van der Waals surface area contributed by atoms with Crippen molar-refractivity contribution in [1.82, 2.24) is 4.31 Å². The molecule has 0 bridgehead atoms. The number of nitrogens with zero attached hydrogens (tertiary/aromatic N) is 1. The fourth-order valence-electron chi connectivity index (χ4n) is 2.29. The van der Waals surface area contributed by atoms with Crippen LogP contribution in [0.2, 0.25) is 0 Å². The lowest BCUT2D eigenvalue weighted by Crippen LogP contribution is -2.14. The van der Waals surface area contributed by atoms with E-state index in [9.17, 15) is 4.79 Å². The quantitative estimate of drug-likeness (QED) is 0.633. The first-order chi connectivity index (χ1) is 11.7. The molecule has 122 valence electrons. The van der Waals surface area contributed by atoms with Gasteiger partial charge in [-0.2, -0.15) is 0 Å². The summed E-state index contributed by atoms with van der Waals surface area (Å²) < 4.78 is 7.64. The third-order valence-electron chi connectivity index (χ3n) is 3.45. The summed E-state index contributed by atoms with van der Waals surface area (Å²) in [6.07, 6.45) is 1.67. The van der Waals surface area contributed by atoms with Gasteiger partial charge in [-0.1, -0.05) is 30.3 Å². The molecule has 0 saturated heterocycles. The van der Waals surface area contributed by atoms with Gasteiger partial charge in [-0.25, -0.2) is 9.10 Å². The number of hydrogen-bond donors (Lipinski definition) is 1. The molecule has 1 aromatic heterocycles. The van der Waals surface area contributed by atoms with Gasteiger partial charge in [0.2, 0.25) is 0 Å². The normalized spacial score (nSPS) is 10.9. The van der Waals surface area contributed by atoms with Gasteiger partial charge in [0.1, 0.15) is 5.76 Å². The fourth-order valence-corrected chi connectivity index (χ4v) is 3.25. The molecule has 1 N–H and O–H groups in total. The van der Waals surface area contributed by atoms with E-state index in [0.29, 0.717) is 12.1 Å². The predicted molar refractivity (Wildman–Crippen MR) is 93.7 cm³/mol. The Morgan fingerprint density at radius 1 is 0.958 bits per heavy atom. The van der Waals surface area contributed by atoms with Gasteiger partial charge in [0, 0.05) is 11.4 Å². The van der Waals surface area contributed by atoms with Crippen molar-refractivity contribution >= 4 is 17.9 Å². The van der Waals surface area contributed by atoms with Crippen molar-refractivity contribution in [2.24, 2.45) is 0 Å². The summed E-state index contributed by atoms with van der Waals surface area (Å²) in [6.45, 7) is 1.42. The Balaban J connectivity index is 1.74. The van der Waals surface area contributed by atoms with Crippen LogP contribution in [-0.4, -0.2) is 15.4 Å². The Labute approximate surface area is 144 Å². The Bertz CT molecular complexity index is 770. The van der Waals surface area contributed by atoms with Gasteiger partial charge in [-0.05, 0) is 53.9 Å². The first kappa shape index (κ1) is 16.4. The van der Waals surface area contributed by atoms with Gasteiger partial charge in [0.15, 0.2) is 0 Å². The number of carboxylic acid groups (broad SMARTS) is 1. The summed E-state index contributed by atoms with van der Waals surface area (Å²) >= 11 is 1.58. The van der Waals surface area contributed by atoms with Crippen LogP contribution in [0.1, 0.15) is 21.7 Å². The number of carbonyl (C=O) groups is 1. The average molecular weight is 339 g/mol. The summed E-state index contributed by atoms with van der Waals surface area (Å²) in [5.41, 5.74) is 1.50. The Kier molecular flexibility index (Phi) is 5.36. The van der Waals surface area contributed by atoms with E-state index in [-0.39, 0.29) is 0 Å². The molecule has 4 nitrogen and oxygen atoms in total. The molecule has 0 unspecified atom stereocenters. The molecule has 1 heterocycles. The van der Waals surface area contributed by atoms with E-state index < -0.39 is 5.97 Å². The van der Waals surface area contributed by atoms with Crippen molar-refractivity contribution in [3.05, 3.63) is 89.9 Å². The highest BCUT2D eigenvalue weighted by Gasteiger charge is 2.12. The van der Waals surface area contributed by atoms with Gasteiger partial charge in [0.05, 0.1) is 18.4 Å². The first-order valence-corrected chi connectivity index (χ1v) is 8.30. The smallest absolute Gasteiger partial charge is 0.335 e. The van der Waals surface area contributed by atoms with Crippen molar-refractivity contribution in [2.45, 2.75) is 18.0 Å². The summed E-state index contributed by atoms with van der Waals surface area (Å²) in [5.74, 6) is -0.0242. The van der Waals surface area contributed by atoms with Crippen LogP contribution in [0.15, 0.2) is 82.3 Å². The standard InChI is InChI=1S/C19H17NO3S/c21-19(22)16-8-10-18(11-9-16)24-20(14-17-7-4-12-23-17)13-15-5-2-1-3-6-15/h1-12H,13-14H2,(H,21,22). The number of hydrogen-bond acceptors (Lipinski definition) is 4. The highest BCUT2D eigenvalue weighted by atomic mass is 32.2. The molecule has 5 heteroatoms. The molecule has 0 atom stereocenters. The molecule has 3 rings (SSSR count). The molecular formula is C19H17NO3S. The monoisotopic (exact) mass is 339 g/mol. The second-order valence-corrected chi connectivity index (χ2v) is 6.45. The van der Waals surface area contributed by atoms with Crippen LogP contribution in [0.3, 0.4) is 0 Å². The van der Waals surface area contributed by atoms with Gasteiger partial charge in [0.25, 0.3) is 0 Å². The van der Waals surface area contributed by atoms with Gasteiger partial charge >= 0.3 is 5.97 Å². The molecule has 0 aliphatic rings. The van der Waals surface area contributed by atoms with E-state index in [1.165, 1.54) is 5.56 Å². The molecule has 0 fully saturated rings. The molecule has 0 aliphatic heterocycles. The Hall–Kier alpha value is -2.50. The van der Waals surface area contributed by atoms with Crippen molar-refractivity contribution in [3.63, 3.8) is 0 Å². The average Bonchev–Trinajstić information content (AvgIpc) is 3.09. The zero-order valence-corrected chi connectivity index (χ0v) is 13.8. The fraction of sp³-hybridized carbons (Fsp3) is 0.105. The van der Waals surface area contributed by atoms with E-state index in [4.69, 9.17) is 9.52 Å². The summed E-state index contributed by atoms with van der Waals surface area (Å²) in [6, 6.07) is 20.9. The van der Waals surface area contributed by atoms with Gasteiger partial charge in [-0.3, -0.25) is 0 Å². The summed E-state index contributed by atoms with van der Waals surface area (Å²) in [5, 5.41) is 8.99. The predicted octanol–water partition coefficient (Wildman–Crippen LogP) is 4.69. The number of rotatable bonds is 7. The lowest BCUT2D eigenvalue weighted by Gasteiger charge is -2.20. The molecule has 24 heavy (non-hydrogen) atoms. The lowest BCUT2D eigenvalue weighted by atomic mass is 10.2. The van der Waals surface area contributed by atoms with Crippen molar-refractivity contribution in [1.29, 1.82) is 0 Å². The van der Waals surface area contributed by atoms with Crippen molar-refractivity contribution in [3.8, 4) is 0 Å². The highest BCUT2D eigenvalue weighted by molar-refractivity contribution is 7.97. The van der Waals surface area contributed by atoms with E-state index in [2.05, 4.69) is 16.4 Å². The second-order valence-electron chi connectivity index (χ2n) is 5.28. The molecule has 0 aliphatic carbocycles. The van der Waals surface area contributed by atoms with Gasteiger partial charge < -0.3 is 9.52 Å². The zero-order valence-electron chi connectivity index (χ0n) is 13.0. The minimum absolute atomic E-state index is 0.292. The maximum Gasteiger partial charge on any atom is 0.335 e. The lowest BCUT2D eigenvalue weighted by molar-refractivity contribution is 0.0697. The van der Waals surface area contributed by atoms with Crippen LogP contribution in [0, 0.1) is 0 Å². The summed E-state index contributed by atoms with van der Waals surface area (Å²) in [4.78, 5) is 11.9. The third-order valence-corrected chi connectivity index (χ3v) is 4.45. The van der Waals surface area contributed by atoms with E-state index in [1.807, 2.05) is 42.5 Å². The molecular weight excluding hydrogens is 322 g/mol. The molecule has 0 amide bonds. The topological polar surface area (TPSA) is 53.7 Å². The van der Waals surface area contributed by atoms with Crippen molar-refractivity contribution < 1.29 is 14.3 Å². The van der Waals surface area contributed by atoms with Crippen LogP contribution in [0.5, 0.6) is 0 Å². The van der Waals surface area contributed by atoms with E-state index in [1.54, 1.807) is 30.3 Å². The zero-order chi connectivity index (χ0) is 16.8. The molecule has 0 spiro atoms. The third kappa shape index (κ3) is 4.50. The first-order valence-electron chi connectivity index (χ1n) is 7.53. The largest absolute Gasteiger partial charge is 0.478 e. The molecule has 0 saturated carbocycles.